The summed E-state index contributed by atoms with van der Waals surface area (Å²) in [4.78, 5) is 0. The lowest BCUT2D eigenvalue weighted by Crippen LogP contribution is -2.60. The Morgan fingerprint density at radius 1 is 0.481 bits per heavy atom. The molecule has 0 amide bonds. The Balaban J connectivity index is 5.58. The molecule has 0 rings (SSSR count). The molecule has 0 aromatic rings. The highest BCUT2D eigenvalue weighted by molar-refractivity contribution is 6.90. The minimum absolute atomic E-state index is 1.03. The molecule has 0 aliphatic carbocycles. The summed E-state index contributed by atoms with van der Waals surface area (Å²) in [7, 11) is -10.2. The van der Waals surface area contributed by atoms with Gasteiger partial charge in [-0.15, -0.1) is 0 Å². The fourth-order valence-corrected chi connectivity index (χ4v) is 27.8. The van der Waals surface area contributed by atoms with Crippen LogP contribution in [-0.4, -0.2) is 42.3 Å². The van der Waals surface area contributed by atoms with Gasteiger partial charge in [-0.1, -0.05) is 39.5 Å². The molecule has 0 aliphatic rings. The van der Waals surface area contributed by atoms with Gasteiger partial charge in [0.15, 0.2) is 16.6 Å². The van der Waals surface area contributed by atoms with Crippen molar-refractivity contribution in [2.24, 2.45) is 0 Å². The summed E-state index contributed by atoms with van der Waals surface area (Å²) in [6.45, 7) is 26.9. The highest BCUT2D eigenvalue weighted by atomic mass is 28.5. The van der Waals surface area contributed by atoms with E-state index in [1.165, 1.54) is 6.42 Å². The monoisotopic (exact) mass is 468 g/mol. The van der Waals surface area contributed by atoms with Crippen LogP contribution in [0.25, 0.3) is 0 Å². The molecule has 0 aromatic heterocycles. The minimum Gasteiger partial charge on any atom is -0.437 e. The largest absolute Gasteiger partial charge is 0.437 e. The molecule has 2 atom stereocenters. The van der Waals surface area contributed by atoms with E-state index in [2.05, 4.69) is 79.3 Å². The van der Waals surface area contributed by atoms with E-state index in [0.29, 0.717) is 0 Å². The minimum atomic E-state index is -2.37. The molecule has 0 radical (unpaired) electrons. The third-order valence-electron chi connectivity index (χ3n) is 3.94. The fraction of sp³-hybridized carbons (Fsp3) is 1.00. The first-order valence-electron chi connectivity index (χ1n) is 10.8. The maximum atomic E-state index is 6.99. The van der Waals surface area contributed by atoms with Crippen molar-refractivity contribution >= 4 is 42.3 Å². The summed E-state index contributed by atoms with van der Waals surface area (Å²) in [5.41, 5.74) is 0. The van der Waals surface area contributed by atoms with Crippen LogP contribution in [-0.2, 0) is 16.5 Å². The molecule has 0 fully saturated rings. The fourth-order valence-electron chi connectivity index (χ4n) is 3.62. The van der Waals surface area contributed by atoms with Crippen LogP contribution in [0.1, 0.15) is 39.5 Å². The van der Waals surface area contributed by atoms with E-state index < -0.39 is 42.3 Å². The van der Waals surface area contributed by atoms with Crippen LogP contribution in [0.2, 0.25) is 77.6 Å². The molecule has 0 heterocycles. The Labute approximate surface area is 175 Å². The highest BCUT2D eigenvalue weighted by Crippen LogP contribution is 2.32. The molecule has 0 aliphatic heterocycles. The van der Waals surface area contributed by atoms with E-state index >= 15 is 0 Å². The Bertz CT molecular complexity index is 436. The summed E-state index contributed by atoms with van der Waals surface area (Å²) in [6.07, 6.45) is 4.64. The van der Waals surface area contributed by atoms with E-state index in [-0.39, 0.29) is 0 Å². The summed E-state index contributed by atoms with van der Waals surface area (Å²) in [6, 6.07) is 2.08. The molecular weight excluding hydrogens is 421 g/mol. The standard InChI is InChI=1S/C18H48O4Si5/c1-13-15-17-26(11,20-24(6,7)8)22-27(12,18-16-14-2)21-25(9,10)19-23(3,4)5/h13-18H2,1-12H3. The van der Waals surface area contributed by atoms with E-state index in [9.17, 15) is 0 Å². The lowest BCUT2D eigenvalue weighted by Gasteiger charge is -2.44. The first-order chi connectivity index (χ1) is 11.9. The first kappa shape index (κ1) is 27.9. The van der Waals surface area contributed by atoms with Crippen LogP contribution in [0.5, 0.6) is 0 Å². The van der Waals surface area contributed by atoms with Gasteiger partial charge < -0.3 is 16.5 Å². The number of hydrogen-bond acceptors (Lipinski definition) is 4. The van der Waals surface area contributed by atoms with Crippen LogP contribution >= 0.6 is 0 Å². The first-order valence-corrected chi connectivity index (χ1v) is 25.4. The lowest BCUT2D eigenvalue weighted by molar-refractivity contribution is 0.287. The predicted molar refractivity (Wildman–Crippen MR) is 131 cm³/mol. The molecule has 0 saturated heterocycles. The number of hydrogen-bond donors (Lipinski definition) is 0. The van der Waals surface area contributed by atoms with Crippen molar-refractivity contribution in [3.63, 3.8) is 0 Å². The van der Waals surface area contributed by atoms with Gasteiger partial charge in [-0.25, -0.2) is 0 Å². The summed E-state index contributed by atoms with van der Waals surface area (Å²) < 4.78 is 27.0. The molecule has 4 nitrogen and oxygen atoms in total. The normalized spacial score (nSPS) is 18.2. The average Bonchev–Trinajstić information content (AvgIpc) is 2.37. The van der Waals surface area contributed by atoms with Gasteiger partial charge >= 0.3 is 25.7 Å². The smallest absolute Gasteiger partial charge is 0.317 e. The van der Waals surface area contributed by atoms with Crippen LogP contribution in [0.4, 0.5) is 0 Å². The van der Waals surface area contributed by atoms with E-state index in [1.807, 2.05) is 0 Å². The molecule has 0 aromatic carbocycles. The third-order valence-corrected chi connectivity index (χ3v) is 22.2. The molecule has 9 heteroatoms. The van der Waals surface area contributed by atoms with Gasteiger partial charge in [0, 0.05) is 0 Å². The zero-order valence-electron chi connectivity index (χ0n) is 20.4. The van der Waals surface area contributed by atoms with E-state index in [4.69, 9.17) is 16.5 Å². The number of unbranched alkanes of at least 4 members (excludes halogenated alkanes) is 2. The van der Waals surface area contributed by atoms with Gasteiger partial charge in [-0.2, -0.15) is 0 Å². The van der Waals surface area contributed by atoms with Crippen molar-refractivity contribution in [2.45, 2.75) is 117 Å². The van der Waals surface area contributed by atoms with Gasteiger partial charge in [0.05, 0.1) is 0 Å². The van der Waals surface area contributed by atoms with Gasteiger partial charge in [0.25, 0.3) is 0 Å². The molecule has 0 saturated carbocycles. The Morgan fingerprint density at radius 3 is 1.19 bits per heavy atom. The van der Waals surface area contributed by atoms with Gasteiger partial charge in [0.2, 0.25) is 0 Å². The zero-order valence-corrected chi connectivity index (χ0v) is 25.4. The van der Waals surface area contributed by atoms with Gasteiger partial charge in [0.1, 0.15) is 0 Å². The molecular formula is C18H48O4Si5. The lowest BCUT2D eigenvalue weighted by atomic mass is 10.4. The summed E-state index contributed by atoms with van der Waals surface area (Å²) in [5.74, 6) is 0. The van der Waals surface area contributed by atoms with E-state index in [1.54, 1.807) is 0 Å². The maximum Gasteiger partial charge on any atom is 0.317 e. The summed E-state index contributed by atoms with van der Waals surface area (Å²) >= 11 is 0. The van der Waals surface area contributed by atoms with Gasteiger partial charge in [-0.3, -0.25) is 0 Å². The van der Waals surface area contributed by atoms with Crippen LogP contribution in [0.3, 0.4) is 0 Å². The van der Waals surface area contributed by atoms with Crippen LogP contribution in [0, 0.1) is 0 Å². The topological polar surface area (TPSA) is 36.9 Å². The van der Waals surface area contributed by atoms with Crippen LogP contribution in [0.15, 0.2) is 0 Å². The molecule has 0 spiro atoms. The Morgan fingerprint density at radius 2 is 0.852 bits per heavy atom. The zero-order chi connectivity index (χ0) is 21.6. The second kappa shape index (κ2) is 10.8. The average molecular weight is 469 g/mol. The molecule has 164 valence electrons. The van der Waals surface area contributed by atoms with Crippen LogP contribution < -0.4 is 0 Å². The molecule has 0 bridgehead atoms. The van der Waals surface area contributed by atoms with E-state index in [0.717, 1.165) is 31.4 Å². The second-order valence-corrected chi connectivity index (χ2v) is 30.6. The third kappa shape index (κ3) is 13.7. The van der Waals surface area contributed by atoms with Crippen molar-refractivity contribution in [2.75, 3.05) is 0 Å². The van der Waals surface area contributed by atoms with Crippen molar-refractivity contribution in [1.82, 2.24) is 0 Å². The summed E-state index contributed by atoms with van der Waals surface area (Å²) in [5, 5.41) is 0. The van der Waals surface area contributed by atoms with Crippen molar-refractivity contribution < 1.29 is 16.5 Å². The van der Waals surface area contributed by atoms with Crippen molar-refractivity contribution in [3.05, 3.63) is 0 Å². The van der Waals surface area contributed by atoms with Crippen molar-refractivity contribution in [3.8, 4) is 0 Å². The van der Waals surface area contributed by atoms with Gasteiger partial charge in [-0.05, 0) is 77.6 Å². The Hall–Kier alpha value is 0.924. The number of rotatable bonds is 14. The highest BCUT2D eigenvalue weighted by Gasteiger charge is 2.48. The second-order valence-electron chi connectivity index (χ2n) is 10.5. The maximum absolute atomic E-state index is 6.99. The SMILES string of the molecule is CCCC[Si](C)(O[Si](C)(C)C)O[Si](C)(CCCC)O[Si](C)(C)O[Si](C)(C)C. The predicted octanol–water partition coefficient (Wildman–Crippen LogP) is 7.17. The van der Waals surface area contributed by atoms with Crippen molar-refractivity contribution in [1.29, 1.82) is 0 Å². The molecule has 0 N–H and O–H groups in total. The molecule has 27 heavy (non-hydrogen) atoms. The Kier molecular flexibility index (Phi) is 11.2. The quantitative estimate of drug-likeness (QED) is 0.253. The molecule has 2 unspecified atom stereocenters.